The van der Waals surface area contributed by atoms with Crippen LogP contribution in [-0.4, -0.2) is 37.0 Å². The zero-order valence-electron chi connectivity index (χ0n) is 16.1. The van der Waals surface area contributed by atoms with Crippen LogP contribution in [0.2, 0.25) is 10.0 Å². The Morgan fingerprint density at radius 2 is 2.03 bits per heavy atom. The van der Waals surface area contributed by atoms with Gasteiger partial charge in [-0.25, -0.2) is 14.4 Å². The van der Waals surface area contributed by atoms with Gasteiger partial charge in [-0.1, -0.05) is 23.2 Å². The molecular weight excluding hydrogens is 428 g/mol. The summed E-state index contributed by atoms with van der Waals surface area (Å²) >= 11 is 12.2. The predicted molar refractivity (Wildman–Crippen MR) is 111 cm³/mol. The highest BCUT2D eigenvalue weighted by Gasteiger charge is 2.43. The molecule has 0 spiro atoms. The SMILES string of the molecule is Cc1nc(-c2ccn[nH]2)c2c(n1)[C@H]1CCC[C@@H](C2)N1C(=O)c1ccc(F)c(Cl)c1Cl. The molecule has 0 saturated carbocycles. The Labute approximate surface area is 182 Å². The molecule has 1 aromatic carbocycles. The summed E-state index contributed by atoms with van der Waals surface area (Å²) < 4.78 is 13.8. The van der Waals surface area contributed by atoms with Crippen molar-refractivity contribution in [3.05, 3.63) is 62.9 Å². The number of nitrogens with zero attached hydrogens (tertiary/aromatic N) is 4. The molecule has 1 N–H and O–H groups in total. The van der Waals surface area contributed by atoms with E-state index in [1.54, 1.807) is 6.20 Å². The highest BCUT2D eigenvalue weighted by Crippen LogP contribution is 2.44. The third kappa shape index (κ3) is 2.99. The Morgan fingerprint density at radius 3 is 2.80 bits per heavy atom. The highest BCUT2D eigenvalue weighted by atomic mass is 35.5. The van der Waals surface area contributed by atoms with Gasteiger partial charge in [-0.3, -0.25) is 9.89 Å². The normalized spacial score (nSPS) is 20.2. The summed E-state index contributed by atoms with van der Waals surface area (Å²) in [5.74, 6) is -0.255. The summed E-state index contributed by atoms with van der Waals surface area (Å²) in [5, 5.41) is 6.75. The van der Waals surface area contributed by atoms with E-state index in [9.17, 15) is 9.18 Å². The van der Waals surface area contributed by atoms with Crippen LogP contribution in [0.15, 0.2) is 24.4 Å². The second-order valence-electron chi connectivity index (χ2n) is 7.69. The lowest BCUT2D eigenvalue weighted by Gasteiger charge is -2.46. The molecule has 2 bridgehead atoms. The van der Waals surface area contributed by atoms with E-state index in [2.05, 4.69) is 15.2 Å². The lowest BCUT2D eigenvalue weighted by Crippen LogP contribution is -2.50. The van der Waals surface area contributed by atoms with Crippen molar-refractivity contribution in [2.45, 2.75) is 44.7 Å². The van der Waals surface area contributed by atoms with Crippen LogP contribution in [0.3, 0.4) is 0 Å². The van der Waals surface area contributed by atoms with Crippen LogP contribution < -0.4 is 0 Å². The number of aromatic amines is 1. The number of hydrogen-bond acceptors (Lipinski definition) is 4. The van der Waals surface area contributed by atoms with Gasteiger partial charge in [0.05, 0.1) is 38.7 Å². The van der Waals surface area contributed by atoms with E-state index in [1.807, 2.05) is 17.9 Å². The number of benzene rings is 1. The molecule has 2 aromatic heterocycles. The van der Waals surface area contributed by atoms with Crippen molar-refractivity contribution in [3.8, 4) is 11.4 Å². The molecule has 2 aliphatic rings. The fourth-order valence-electron chi connectivity index (χ4n) is 4.63. The molecule has 2 atom stereocenters. The fourth-order valence-corrected chi connectivity index (χ4v) is 5.03. The molecule has 1 saturated heterocycles. The number of nitrogens with one attached hydrogen (secondary N) is 1. The quantitative estimate of drug-likeness (QED) is 0.568. The minimum atomic E-state index is -0.644. The van der Waals surface area contributed by atoms with Crippen LogP contribution in [0, 0.1) is 12.7 Å². The topological polar surface area (TPSA) is 74.8 Å². The average Bonchev–Trinajstić information content (AvgIpc) is 3.26. The van der Waals surface area contributed by atoms with Crippen LogP contribution in [-0.2, 0) is 6.42 Å². The van der Waals surface area contributed by atoms with Gasteiger partial charge in [0.15, 0.2) is 0 Å². The maximum absolute atomic E-state index is 13.8. The summed E-state index contributed by atoms with van der Waals surface area (Å²) in [4.78, 5) is 24.7. The van der Waals surface area contributed by atoms with Crippen molar-refractivity contribution in [1.29, 1.82) is 0 Å². The number of piperidine rings is 1. The third-order valence-corrected chi connectivity index (χ3v) is 6.77. The first-order valence-electron chi connectivity index (χ1n) is 9.79. The first-order chi connectivity index (χ1) is 14.5. The smallest absolute Gasteiger partial charge is 0.256 e. The van der Waals surface area contributed by atoms with E-state index in [-0.39, 0.29) is 33.6 Å². The predicted octanol–water partition coefficient (Wildman–Crippen LogP) is 4.91. The molecule has 30 heavy (non-hydrogen) atoms. The fraction of sp³-hybridized carbons (Fsp3) is 0.333. The first-order valence-corrected chi connectivity index (χ1v) is 10.5. The zero-order chi connectivity index (χ0) is 21.0. The van der Waals surface area contributed by atoms with Gasteiger partial charge in [0.1, 0.15) is 11.6 Å². The maximum Gasteiger partial charge on any atom is 0.256 e. The Morgan fingerprint density at radius 1 is 1.20 bits per heavy atom. The average molecular weight is 446 g/mol. The van der Waals surface area contributed by atoms with Gasteiger partial charge in [-0.2, -0.15) is 5.10 Å². The van der Waals surface area contributed by atoms with Crippen molar-refractivity contribution in [2.24, 2.45) is 0 Å². The molecule has 0 aliphatic carbocycles. The Bertz CT molecular complexity index is 1150. The van der Waals surface area contributed by atoms with E-state index in [1.165, 1.54) is 12.1 Å². The summed E-state index contributed by atoms with van der Waals surface area (Å²) in [5.41, 5.74) is 3.79. The van der Waals surface area contributed by atoms with Gasteiger partial charge in [0.2, 0.25) is 0 Å². The Balaban J connectivity index is 1.62. The van der Waals surface area contributed by atoms with E-state index in [0.717, 1.165) is 41.9 Å². The first kappa shape index (κ1) is 19.5. The Kier molecular flexibility index (Phi) is 4.75. The second kappa shape index (κ2) is 7.32. The number of rotatable bonds is 2. The molecule has 154 valence electrons. The van der Waals surface area contributed by atoms with E-state index in [4.69, 9.17) is 28.2 Å². The van der Waals surface area contributed by atoms with Crippen molar-refractivity contribution < 1.29 is 9.18 Å². The van der Waals surface area contributed by atoms with Crippen LogP contribution in [0.25, 0.3) is 11.4 Å². The number of hydrogen-bond donors (Lipinski definition) is 1. The van der Waals surface area contributed by atoms with Gasteiger partial charge in [-0.05, 0) is 50.8 Å². The van der Waals surface area contributed by atoms with Gasteiger partial charge in [0.25, 0.3) is 5.91 Å². The molecule has 0 unspecified atom stereocenters. The maximum atomic E-state index is 13.8. The molecule has 2 aliphatic heterocycles. The van der Waals surface area contributed by atoms with Crippen LogP contribution in [0.5, 0.6) is 0 Å². The number of halogens is 3. The standard InChI is InChI=1S/C21H18Cl2FN5O/c1-10-26-19(15-7-8-25-28-15)13-9-11-3-2-4-16(20(13)27-10)29(11)21(30)12-5-6-14(24)18(23)17(12)22/h5-8,11,16H,2-4,9H2,1H3,(H,25,28)/t11-,16+/m0/s1. The lowest BCUT2D eigenvalue weighted by atomic mass is 9.81. The number of H-pyrrole nitrogens is 1. The molecule has 1 amide bonds. The number of carbonyl (C=O) groups is 1. The summed E-state index contributed by atoms with van der Waals surface area (Å²) in [6, 6.07) is 4.26. The Hall–Kier alpha value is -2.51. The number of aryl methyl sites for hydroxylation is 1. The summed E-state index contributed by atoms with van der Waals surface area (Å²) in [6.45, 7) is 1.85. The summed E-state index contributed by atoms with van der Waals surface area (Å²) in [6.07, 6.45) is 4.99. The molecule has 6 nitrogen and oxygen atoms in total. The van der Waals surface area contributed by atoms with E-state index >= 15 is 0 Å². The lowest BCUT2D eigenvalue weighted by molar-refractivity contribution is 0.0389. The van der Waals surface area contributed by atoms with Crippen molar-refractivity contribution in [2.75, 3.05) is 0 Å². The summed E-state index contributed by atoms with van der Waals surface area (Å²) in [7, 11) is 0. The van der Waals surface area contributed by atoms with Crippen LogP contribution >= 0.6 is 23.2 Å². The van der Waals surface area contributed by atoms with Crippen LogP contribution in [0.4, 0.5) is 4.39 Å². The largest absolute Gasteiger partial charge is 0.327 e. The molecule has 0 radical (unpaired) electrons. The minimum Gasteiger partial charge on any atom is -0.327 e. The van der Waals surface area contributed by atoms with E-state index in [0.29, 0.717) is 12.2 Å². The molecule has 3 aromatic rings. The third-order valence-electron chi connectivity index (χ3n) is 5.91. The second-order valence-corrected chi connectivity index (χ2v) is 8.45. The van der Waals surface area contributed by atoms with Gasteiger partial charge in [0, 0.05) is 17.8 Å². The van der Waals surface area contributed by atoms with Crippen LogP contribution in [0.1, 0.15) is 52.7 Å². The zero-order valence-corrected chi connectivity index (χ0v) is 17.6. The van der Waals surface area contributed by atoms with Crippen molar-refractivity contribution in [3.63, 3.8) is 0 Å². The minimum absolute atomic E-state index is 0.0170. The molecule has 1 fully saturated rings. The number of aromatic nitrogens is 4. The number of amides is 1. The molecule has 5 rings (SSSR count). The van der Waals surface area contributed by atoms with Gasteiger partial charge < -0.3 is 4.90 Å². The molecular formula is C21H18Cl2FN5O. The number of carbonyl (C=O) groups excluding carboxylic acids is 1. The highest BCUT2D eigenvalue weighted by molar-refractivity contribution is 6.44. The monoisotopic (exact) mass is 445 g/mol. The van der Waals surface area contributed by atoms with Crippen molar-refractivity contribution in [1.82, 2.24) is 25.1 Å². The van der Waals surface area contributed by atoms with Gasteiger partial charge >= 0.3 is 0 Å². The molecule has 9 heteroatoms. The van der Waals surface area contributed by atoms with E-state index < -0.39 is 5.82 Å². The molecule has 4 heterocycles. The van der Waals surface area contributed by atoms with Gasteiger partial charge in [-0.15, -0.1) is 0 Å². The van der Waals surface area contributed by atoms with Crippen molar-refractivity contribution >= 4 is 29.1 Å². The number of fused-ring (bicyclic) bond motifs is 4.